The molecule has 1 amide bonds. The molecule has 0 spiro atoms. The van der Waals surface area contributed by atoms with Crippen molar-refractivity contribution in [3.63, 3.8) is 0 Å². The van der Waals surface area contributed by atoms with Gasteiger partial charge in [0.05, 0.1) is 17.2 Å². The number of non-ortho nitro benzene ring substituents is 1. The zero-order valence-corrected chi connectivity index (χ0v) is 16.1. The zero-order valence-electron chi connectivity index (χ0n) is 16.1. The highest BCUT2D eigenvalue weighted by molar-refractivity contribution is 6.36. The van der Waals surface area contributed by atoms with Crippen molar-refractivity contribution in [2.24, 2.45) is 5.10 Å². The number of nitro benzene ring substituents is 1. The van der Waals surface area contributed by atoms with Crippen LogP contribution < -0.4 is 10.4 Å². The van der Waals surface area contributed by atoms with Crippen molar-refractivity contribution in [2.75, 3.05) is 11.6 Å². The van der Waals surface area contributed by atoms with Crippen molar-refractivity contribution in [2.45, 2.75) is 25.4 Å². The number of amides is 1. The molecular weight excluding hydrogens is 390 g/mol. The predicted octanol–water partition coefficient (Wildman–Crippen LogP) is 2.27. The molecule has 30 heavy (non-hydrogen) atoms. The number of nitrogens with one attached hydrogen (secondary N) is 1. The van der Waals surface area contributed by atoms with Gasteiger partial charge in [0.1, 0.15) is 0 Å². The Balaban J connectivity index is 1.88. The molecule has 4 rings (SSSR count). The molecule has 1 saturated heterocycles. The first kappa shape index (κ1) is 19.4. The minimum absolute atomic E-state index is 0.0601. The highest BCUT2D eigenvalue weighted by Crippen LogP contribution is 2.45. The highest BCUT2D eigenvalue weighted by Gasteiger charge is 2.56. The quantitative estimate of drug-likeness (QED) is 0.457. The number of nitro groups is 1. The van der Waals surface area contributed by atoms with Gasteiger partial charge in [0.15, 0.2) is 5.66 Å². The van der Waals surface area contributed by atoms with Crippen LogP contribution >= 0.6 is 0 Å². The number of amidine groups is 1. The fourth-order valence-electron chi connectivity index (χ4n) is 3.74. The topological polar surface area (TPSA) is 117 Å². The molecule has 1 fully saturated rings. The molecule has 1 unspecified atom stereocenters. The summed E-state index contributed by atoms with van der Waals surface area (Å²) in [6.07, 6.45) is 0.548. The molecule has 2 heterocycles. The number of hydrogen-bond donors (Lipinski definition) is 1. The van der Waals surface area contributed by atoms with Crippen molar-refractivity contribution < 1.29 is 19.2 Å². The fourth-order valence-corrected chi connectivity index (χ4v) is 3.74. The number of carbonyl (C=O) groups excluding carboxylic acids is 2. The second-order valence-corrected chi connectivity index (χ2v) is 6.78. The molecule has 0 aromatic heterocycles. The van der Waals surface area contributed by atoms with E-state index in [4.69, 9.17) is 4.74 Å². The Kier molecular flexibility index (Phi) is 4.82. The van der Waals surface area contributed by atoms with Crippen LogP contribution in [0.15, 0.2) is 59.7 Å². The molecule has 0 bridgehead atoms. The van der Waals surface area contributed by atoms with E-state index in [9.17, 15) is 19.7 Å². The lowest BCUT2D eigenvalue weighted by molar-refractivity contribution is -0.384. The first-order valence-electron chi connectivity index (χ1n) is 9.43. The maximum absolute atomic E-state index is 12.6. The number of hydrazine groups is 1. The summed E-state index contributed by atoms with van der Waals surface area (Å²) >= 11 is 0. The third-order valence-corrected chi connectivity index (χ3v) is 5.06. The number of ether oxygens (including phenoxy) is 1. The summed E-state index contributed by atoms with van der Waals surface area (Å²) in [5, 5.41) is 18.6. The summed E-state index contributed by atoms with van der Waals surface area (Å²) in [4.78, 5) is 35.4. The van der Waals surface area contributed by atoms with Crippen molar-refractivity contribution in [1.29, 1.82) is 0 Å². The lowest BCUT2D eigenvalue weighted by Gasteiger charge is -2.46. The van der Waals surface area contributed by atoms with Crippen molar-refractivity contribution in [1.82, 2.24) is 10.4 Å². The van der Waals surface area contributed by atoms with Crippen molar-refractivity contribution in [3.8, 4) is 0 Å². The van der Waals surface area contributed by atoms with E-state index in [2.05, 4.69) is 10.5 Å². The van der Waals surface area contributed by atoms with Crippen molar-refractivity contribution in [3.05, 3.63) is 70.3 Å². The number of anilines is 1. The molecule has 0 saturated carbocycles. The first-order chi connectivity index (χ1) is 14.5. The molecular formula is C20H19N5O5. The first-order valence-corrected chi connectivity index (χ1v) is 9.43. The minimum Gasteiger partial charge on any atom is -0.460 e. The van der Waals surface area contributed by atoms with Gasteiger partial charge in [-0.2, -0.15) is 0 Å². The fraction of sp³-hybridized carbons (Fsp3) is 0.250. The van der Waals surface area contributed by atoms with Crippen LogP contribution in [0.2, 0.25) is 0 Å². The van der Waals surface area contributed by atoms with Gasteiger partial charge in [-0.15, -0.1) is 5.10 Å². The molecule has 10 heteroatoms. The number of benzene rings is 2. The van der Waals surface area contributed by atoms with Gasteiger partial charge in [-0.25, -0.2) is 14.8 Å². The Morgan fingerprint density at radius 1 is 1.23 bits per heavy atom. The van der Waals surface area contributed by atoms with Gasteiger partial charge in [-0.1, -0.05) is 30.3 Å². The van der Waals surface area contributed by atoms with Gasteiger partial charge in [0.25, 0.3) is 11.5 Å². The maximum atomic E-state index is 12.6. The van der Waals surface area contributed by atoms with E-state index in [-0.39, 0.29) is 30.5 Å². The van der Waals surface area contributed by atoms with Crippen LogP contribution in [0.4, 0.5) is 11.4 Å². The van der Waals surface area contributed by atoms with Crippen molar-refractivity contribution >= 4 is 29.1 Å². The van der Waals surface area contributed by atoms with Gasteiger partial charge in [-0.05, 0) is 19.1 Å². The number of carbonyl (C=O) groups is 2. The van der Waals surface area contributed by atoms with E-state index in [1.54, 1.807) is 24.1 Å². The molecule has 1 atom stereocenters. The average molecular weight is 409 g/mol. The van der Waals surface area contributed by atoms with Crippen LogP contribution in [0.1, 0.15) is 25.3 Å². The van der Waals surface area contributed by atoms with E-state index < -0.39 is 16.6 Å². The number of rotatable bonds is 5. The summed E-state index contributed by atoms with van der Waals surface area (Å²) in [7, 11) is 0. The van der Waals surface area contributed by atoms with Gasteiger partial charge in [0.2, 0.25) is 5.91 Å². The SMILES string of the molecule is CCOC(=O)C1=NN(c2ccc([N+](=O)[O-])cc2)C2(c3ccccc3)CCC(=O)NN12. The standard InChI is InChI=1S/C20H19N5O5/c1-2-30-19(27)18-22-23(15-8-10-16(11-9-15)25(28)29)20(14-6-4-3-5-7-14)13-12-17(26)21-24(18)20/h3-11H,2,12-13H2,1H3,(H,21,26). The second-order valence-electron chi connectivity index (χ2n) is 6.78. The van der Waals surface area contributed by atoms with Crippen LogP contribution in [0.5, 0.6) is 0 Å². The predicted molar refractivity (Wildman–Crippen MR) is 107 cm³/mol. The Hall–Kier alpha value is -3.95. The molecule has 2 aromatic carbocycles. The summed E-state index contributed by atoms with van der Waals surface area (Å²) in [6, 6.07) is 15.2. The summed E-state index contributed by atoms with van der Waals surface area (Å²) in [5.74, 6) is -0.986. The number of nitrogens with zero attached hydrogens (tertiary/aromatic N) is 4. The zero-order chi connectivity index (χ0) is 21.3. The van der Waals surface area contributed by atoms with Gasteiger partial charge in [0, 0.05) is 30.5 Å². The monoisotopic (exact) mass is 409 g/mol. The Morgan fingerprint density at radius 3 is 2.57 bits per heavy atom. The number of fused-ring (bicyclic) bond motifs is 1. The number of esters is 1. The van der Waals surface area contributed by atoms with Gasteiger partial charge < -0.3 is 4.74 Å². The van der Waals surface area contributed by atoms with Crippen LogP contribution in [0, 0.1) is 10.1 Å². The van der Waals surface area contributed by atoms with E-state index in [0.717, 1.165) is 5.56 Å². The summed E-state index contributed by atoms with van der Waals surface area (Å²) in [5.41, 5.74) is 3.00. The average Bonchev–Trinajstić information content (AvgIpc) is 3.10. The number of hydrogen-bond acceptors (Lipinski definition) is 8. The normalized spacial score (nSPS) is 20.3. The summed E-state index contributed by atoms with van der Waals surface area (Å²) < 4.78 is 5.15. The largest absolute Gasteiger partial charge is 0.460 e. The molecule has 10 nitrogen and oxygen atoms in total. The van der Waals surface area contributed by atoms with E-state index in [1.807, 2.05) is 30.3 Å². The third kappa shape index (κ3) is 3.02. The molecule has 0 radical (unpaired) electrons. The van der Waals surface area contributed by atoms with Gasteiger partial charge in [-0.3, -0.25) is 20.3 Å². The van der Waals surface area contributed by atoms with Crippen LogP contribution in [-0.4, -0.2) is 34.3 Å². The Labute approximate surface area is 171 Å². The van der Waals surface area contributed by atoms with E-state index in [0.29, 0.717) is 12.1 Å². The second kappa shape index (κ2) is 7.47. The summed E-state index contributed by atoms with van der Waals surface area (Å²) in [6.45, 7) is 1.83. The minimum atomic E-state index is -1.02. The number of hydrazone groups is 1. The van der Waals surface area contributed by atoms with Gasteiger partial charge >= 0.3 is 5.97 Å². The molecule has 2 aliphatic heterocycles. The maximum Gasteiger partial charge on any atom is 0.377 e. The Morgan fingerprint density at radius 2 is 1.93 bits per heavy atom. The highest BCUT2D eigenvalue weighted by atomic mass is 16.6. The molecule has 154 valence electrons. The van der Waals surface area contributed by atoms with Crippen LogP contribution in [-0.2, 0) is 20.0 Å². The lowest BCUT2D eigenvalue weighted by atomic mass is 9.90. The molecule has 2 aliphatic rings. The molecule has 2 aromatic rings. The van der Waals surface area contributed by atoms with Crippen LogP contribution in [0.25, 0.3) is 0 Å². The smallest absolute Gasteiger partial charge is 0.377 e. The molecule has 1 N–H and O–H groups in total. The van der Waals surface area contributed by atoms with Crippen LogP contribution in [0.3, 0.4) is 0 Å². The third-order valence-electron chi connectivity index (χ3n) is 5.06. The Bertz CT molecular complexity index is 1020. The van der Waals surface area contributed by atoms with E-state index in [1.165, 1.54) is 17.1 Å². The lowest BCUT2D eigenvalue weighted by Crippen LogP contribution is -2.64. The van der Waals surface area contributed by atoms with E-state index >= 15 is 0 Å². The molecule has 0 aliphatic carbocycles.